The molecule has 1 N–H and O–H groups in total. The van der Waals surface area contributed by atoms with E-state index >= 15 is 0 Å². The summed E-state index contributed by atoms with van der Waals surface area (Å²) in [4.78, 5) is 2.53. The van der Waals surface area contributed by atoms with E-state index in [-0.39, 0.29) is 17.3 Å². The lowest BCUT2D eigenvalue weighted by atomic mass is 10.3. The number of nitrogens with zero attached hydrogens (tertiary/aromatic N) is 2. The van der Waals surface area contributed by atoms with Crippen molar-refractivity contribution >= 4 is 19.9 Å². The van der Waals surface area contributed by atoms with E-state index in [2.05, 4.69) is 14.7 Å². The highest BCUT2D eigenvalue weighted by molar-refractivity contribution is 7.91. The van der Waals surface area contributed by atoms with Crippen molar-refractivity contribution in [3.8, 4) is 0 Å². The minimum absolute atomic E-state index is 0.0539. The molecule has 8 nitrogen and oxygen atoms in total. The Bertz CT molecular complexity index is 847. The van der Waals surface area contributed by atoms with Gasteiger partial charge in [-0.25, -0.2) is 25.9 Å². The Labute approximate surface area is 120 Å². The molecule has 0 aliphatic rings. The van der Waals surface area contributed by atoms with Gasteiger partial charge in [0.25, 0.3) is 0 Å². The normalized spacial score (nSPS) is 12.5. The third-order valence-corrected chi connectivity index (χ3v) is 4.97. The van der Waals surface area contributed by atoms with Crippen molar-refractivity contribution in [3.63, 3.8) is 0 Å². The lowest BCUT2D eigenvalue weighted by Gasteiger charge is -2.07. The molecule has 0 aliphatic carbocycles. The fourth-order valence-electron chi connectivity index (χ4n) is 1.43. The van der Waals surface area contributed by atoms with Gasteiger partial charge in [0.2, 0.25) is 16.4 Å². The van der Waals surface area contributed by atoms with Crippen LogP contribution in [-0.4, -0.2) is 33.2 Å². The topological polar surface area (TPSA) is 119 Å². The van der Waals surface area contributed by atoms with Crippen LogP contribution in [0.3, 0.4) is 0 Å². The first-order chi connectivity index (χ1) is 9.70. The zero-order valence-electron chi connectivity index (χ0n) is 10.6. The molecule has 0 radical (unpaired) electrons. The van der Waals surface area contributed by atoms with Crippen LogP contribution >= 0.6 is 0 Å². The average Bonchev–Trinajstić information content (AvgIpc) is 2.88. The van der Waals surface area contributed by atoms with E-state index in [1.807, 2.05) is 4.72 Å². The highest BCUT2D eigenvalue weighted by atomic mass is 32.2. The number of benzene rings is 1. The van der Waals surface area contributed by atoms with Gasteiger partial charge < -0.3 is 4.52 Å². The predicted molar refractivity (Wildman–Crippen MR) is 67.8 cm³/mol. The van der Waals surface area contributed by atoms with Crippen molar-refractivity contribution in [1.82, 2.24) is 14.9 Å². The Morgan fingerprint density at radius 3 is 2.57 bits per heavy atom. The Morgan fingerprint density at radius 2 is 2.00 bits per heavy atom. The fraction of sp³-hybridized carbons (Fsp3) is 0.200. The van der Waals surface area contributed by atoms with Crippen LogP contribution in [0.15, 0.2) is 38.9 Å². The van der Waals surface area contributed by atoms with Crippen LogP contribution in [0, 0.1) is 5.82 Å². The van der Waals surface area contributed by atoms with E-state index < -0.39 is 30.6 Å². The Kier molecular flexibility index (Phi) is 4.07. The molecule has 114 valence electrons. The molecule has 0 saturated heterocycles. The number of halogens is 1. The van der Waals surface area contributed by atoms with Gasteiger partial charge >= 0.3 is 0 Å². The molecule has 1 aromatic carbocycles. The Balaban J connectivity index is 2.35. The standard InChI is InChI=1S/C10H10FN3O5S2/c1-20(15,16)7-2-3-8(11)9(4-7)21(17,18)13-5-10-12-6-19-14-10/h2-4,6,13H,5H2,1H3. The molecule has 0 fully saturated rings. The maximum absolute atomic E-state index is 13.7. The van der Waals surface area contributed by atoms with Gasteiger partial charge in [-0.15, -0.1) is 0 Å². The van der Waals surface area contributed by atoms with Crippen molar-refractivity contribution in [2.75, 3.05) is 6.26 Å². The summed E-state index contributed by atoms with van der Waals surface area (Å²) in [5.41, 5.74) is 0. The van der Waals surface area contributed by atoms with Gasteiger partial charge in [0.15, 0.2) is 15.7 Å². The van der Waals surface area contributed by atoms with Crippen LogP contribution in [0.5, 0.6) is 0 Å². The predicted octanol–water partition coefficient (Wildman–Crippen LogP) is 0.0907. The quantitative estimate of drug-likeness (QED) is 0.769. The second-order valence-corrected chi connectivity index (χ2v) is 7.79. The van der Waals surface area contributed by atoms with Gasteiger partial charge in [0, 0.05) is 6.26 Å². The van der Waals surface area contributed by atoms with Crippen LogP contribution in [0.2, 0.25) is 0 Å². The summed E-state index contributed by atoms with van der Waals surface area (Å²) in [5, 5.41) is 3.39. The fourth-order valence-corrected chi connectivity index (χ4v) is 3.23. The molecule has 1 aromatic heterocycles. The van der Waals surface area contributed by atoms with E-state index in [1.54, 1.807) is 0 Å². The molecule has 21 heavy (non-hydrogen) atoms. The molecule has 0 aliphatic heterocycles. The van der Waals surface area contributed by atoms with Gasteiger partial charge in [-0.2, -0.15) is 4.98 Å². The van der Waals surface area contributed by atoms with Crippen LogP contribution < -0.4 is 4.72 Å². The molecule has 11 heteroatoms. The van der Waals surface area contributed by atoms with E-state index in [0.717, 1.165) is 30.8 Å². The molecule has 0 saturated carbocycles. The van der Waals surface area contributed by atoms with E-state index in [4.69, 9.17) is 0 Å². The first kappa shape index (κ1) is 15.5. The number of aromatic nitrogens is 2. The van der Waals surface area contributed by atoms with Crippen LogP contribution in [0.25, 0.3) is 0 Å². The van der Waals surface area contributed by atoms with Crippen LogP contribution in [0.4, 0.5) is 4.39 Å². The summed E-state index contributed by atoms with van der Waals surface area (Å²) in [6.45, 7) is -0.318. The number of sulfone groups is 1. The highest BCUT2D eigenvalue weighted by Crippen LogP contribution is 2.19. The zero-order valence-corrected chi connectivity index (χ0v) is 12.3. The second kappa shape index (κ2) is 5.50. The molecule has 0 bridgehead atoms. The van der Waals surface area contributed by atoms with Crippen LogP contribution in [0.1, 0.15) is 5.82 Å². The summed E-state index contributed by atoms with van der Waals surface area (Å²) in [6, 6.07) is 2.52. The Hall–Kier alpha value is -1.85. The highest BCUT2D eigenvalue weighted by Gasteiger charge is 2.22. The molecule has 0 unspecified atom stereocenters. The van der Waals surface area contributed by atoms with E-state index in [0.29, 0.717) is 0 Å². The summed E-state index contributed by atoms with van der Waals surface area (Å²) in [7, 11) is -7.92. The number of nitrogens with one attached hydrogen (secondary N) is 1. The maximum atomic E-state index is 13.7. The summed E-state index contributed by atoms with van der Waals surface area (Å²) in [6.07, 6.45) is 1.90. The third kappa shape index (κ3) is 3.62. The van der Waals surface area contributed by atoms with Crippen molar-refractivity contribution in [1.29, 1.82) is 0 Å². The van der Waals surface area contributed by atoms with E-state index in [1.165, 1.54) is 0 Å². The van der Waals surface area contributed by atoms with Crippen LogP contribution in [-0.2, 0) is 26.4 Å². The first-order valence-corrected chi connectivity index (χ1v) is 8.82. The Morgan fingerprint density at radius 1 is 1.29 bits per heavy atom. The molecule has 0 atom stereocenters. The summed E-state index contributed by atoms with van der Waals surface area (Å²) >= 11 is 0. The van der Waals surface area contributed by atoms with E-state index in [9.17, 15) is 21.2 Å². The summed E-state index contributed by atoms with van der Waals surface area (Å²) in [5.74, 6) is -1.01. The lowest BCUT2D eigenvalue weighted by Crippen LogP contribution is -2.25. The summed E-state index contributed by atoms with van der Waals surface area (Å²) < 4.78 is 66.9. The number of hydrogen-bond acceptors (Lipinski definition) is 7. The molecule has 1 heterocycles. The minimum atomic E-state index is -4.26. The molecular formula is C10H10FN3O5S2. The second-order valence-electron chi connectivity index (χ2n) is 4.04. The zero-order chi connectivity index (χ0) is 15.7. The van der Waals surface area contributed by atoms with Gasteiger partial charge in [0.1, 0.15) is 10.7 Å². The maximum Gasteiger partial charge on any atom is 0.243 e. The minimum Gasteiger partial charge on any atom is -0.343 e. The smallest absolute Gasteiger partial charge is 0.243 e. The molecular weight excluding hydrogens is 325 g/mol. The monoisotopic (exact) mass is 335 g/mol. The SMILES string of the molecule is CS(=O)(=O)c1ccc(F)c(S(=O)(=O)NCc2ncon2)c1. The third-order valence-electron chi connectivity index (χ3n) is 2.45. The molecule has 0 amide bonds. The van der Waals surface area contributed by atoms with Crippen molar-refractivity contribution in [3.05, 3.63) is 36.2 Å². The number of rotatable bonds is 5. The average molecular weight is 335 g/mol. The number of sulfonamides is 1. The van der Waals surface area contributed by atoms with Crippen molar-refractivity contribution in [2.24, 2.45) is 0 Å². The van der Waals surface area contributed by atoms with Crippen molar-refractivity contribution in [2.45, 2.75) is 16.3 Å². The molecule has 0 spiro atoms. The molecule has 2 aromatic rings. The van der Waals surface area contributed by atoms with Gasteiger partial charge in [-0.1, -0.05) is 5.16 Å². The largest absolute Gasteiger partial charge is 0.343 e. The van der Waals surface area contributed by atoms with Gasteiger partial charge in [-0.05, 0) is 18.2 Å². The first-order valence-electron chi connectivity index (χ1n) is 5.45. The lowest BCUT2D eigenvalue weighted by molar-refractivity contribution is 0.409. The van der Waals surface area contributed by atoms with Gasteiger partial charge in [-0.3, -0.25) is 0 Å². The number of hydrogen-bond donors (Lipinski definition) is 1. The van der Waals surface area contributed by atoms with Crippen molar-refractivity contribution < 1.29 is 25.7 Å². The van der Waals surface area contributed by atoms with Gasteiger partial charge in [0.05, 0.1) is 11.4 Å². The molecule has 2 rings (SSSR count).